The molecule has 4 heteroatoms. The van der Waals surface area contributed by atoms with Gasteiger partial charge >= 0.3 is 0 Å². The van der Waals surface area contributed by atoms with Crippen molar-refractivity contribution in [2.24, 2.45) is 5.73 Å². The minimum Gasteiger partial charge on any atom is -0.493 e. The summed E-state index contributed by atoms with van der Waals surface area (Å²) in [6.45, 7) is 2.69. The van der Waals surface area contributed by atoms with Crippen molar-refractivity contribution in [3.05, 3.63) is 59.7 Å². The van der Waals surface area contributed by atoms with E-state index in [1.165, 1.54) is 0 Å². The predicted octanol–water partition coefficient (Wildman–Crippen LogP) is 4.89. The van der Waals surface area contributed by atoms with Gasteiger partial charge in [0.1, 0.15) is 6.61 Å². The van der Waals surface area contributed by atoms with E-state index in [1.807, 2.05) is 48.5 Å². The Morgan fingerprint density at radius 3 is 2.43 bits per heavy atom. The fourth-order valence-corrected chi connectivity index (χ4v) is 2.36. The molecule has 2 rings (SSSR count). The van der Waals surface area contributed by atoms with Crippen molar-refractivity contribution >= 4 is 12.4 Å². The summed E-state index contributed by atoms with van der Waals surface area (Å²) >= 11 is 0. The van der Waals surface area contributed by atoms with E-state index in [0.29, 0.717) is 6.61 Å². The van der Waals surface area contributed by atoms with E-state index in [1.54, 1.807) is 7.11 Å². The third-order valence-corrected chi connectivity index (χ3v) is 3.72. The number of unbranched alkanes of at least 4 members (excludes halogenated alkanes) is 1. The zero-order valence-electron chi connectivity index (χ0n) is 13.8. The van der Waals surface area contributed by atoms with Gasteiger partial charge in [0.25, 0.3) is 0 Å². The molecular formula is C19H26ClNO2. The summed E-state index contributed by atoms with van der Waals surface area (Å²) in [4.78, 5) is 0. The maximum atomic E-state index is 6.25. The van der Waals surface area contributed by atoms with Crippen molar-refractivity contribution in [3.63, 3.8) is 0 Å². The lowest BCUT2D eigenvalue weighted by atomic mass is 10.0. The van der Waals surface area contributed by atoms with Crippen LogP contribution in [-0.2, 0) is 6.61 Å². The zero-order chi connectivity index (χ0) is 15.8. The summed E-state index contributed by atoms with van der Waals surface area (Å²) in [6.07, 6.45) is 3.27. The van der Waals surface area contributed by atoms with E-state index in [-0.39, 0.29) is 18.4 Å². The van der Waals surface area contributed by atoms with Crippen LogP contribution in [0.4, 0.5) is 0 Å². The summed E-state index contributed by atoms with van der Waals surface area (Å²) in [7, 11) is 1.65. The molecule has 0 amide bonds. The number of ether oxygens (including phenoxy) is 2. The van der Waals surface area contributed by atoms with Crippen molar-refractivity contribution in [2.75, 3.05) is 7.11 Å². The summed E-state index contributed by atoms with van der Waals surface area (Å²) in [6, 6.07) is 16.1. The molecule has 0 aliphatic heterocycles. The maximum Gasteiger partial charge on any atom is 0.161 e. The largest absolute Gasteiger partial charge is 0.493 e. The lowest BCUT2D eigenvalue weighted by molar-refractivity contribution is 0.284. The highest BCUT2D eigenvalue weighted by molar-refractivity contribution is 5.85. The first-order valence-electron chi connectivity index (χ1n) is 7.84. The van der Waals surface area contributed by atoms with Gasteiger partial charge in [-0.25, -0.2) is 0 Å². The van der Waals surface area contributed by atoms with Gasteiger partial charge in [-0.15, -0.1) is 12.4 Å². The lowest BCUT2D eigenvalue weighted by Crippen LogP contribution is -2.10. The van der Waals surface area contributed by atoms with Crippen LogP contribution in [-0.4, -0.2) is 7.11 Å². The van der Waals surface area contributed by atoms with E-state index < -0.39 is 0 Å². The summed E-state index contributed by atoms with van der Waals surface area (Å²) in [5.74, 6) is 1.48. The molecule has 2 N–H and O–H groups in total. The zero-order valence-corrected chi connectivity index (χ0v) is 14.6. The first kappa shape index (κ1) is 19.3. The Hall–Kier alpha value is -1.71. The number of nitrogens with two attached hydrogens (primary N) is 1. The first-order valence-corrected chi connectivity index (χ1v) is 7.84. The average Bonchev–Trinajstić information content (AvgIpc) is 2.58. The third kappa shape index (κ3) is 5.77. The van der Waals surface area contributed by atoms with Crippen LogP contribution in [0.2, 0.25) is 0 Å². The molecule has 3 nitrogen and oxygen atoms in total. The molecule has 0 saturated heterocycles. The van der Waals surface area contributed by atoms with Crippen LogP contribution >= 0.6 is 12.4 Å². The topological polar surface area (TPSA) is 44.5 Å². The highest BCUT2D eigenvalue weighted by atomic mass is 35.5. The fourth-order valence-electron chi connectivity index (χ4n) is 2.36. The molecule has 0 spiro atoms. The highest BCUT2D eigenvalue weighted by Crippen LogP contribution is 2.31. The second-order valence-electron chi connectivity index (χ2n) is 5.43. The monoisotopic (exact) mass is 335 g/mol. The third-order valence-electron chi connectivity index (χ3n) is 3.72. The Bertz CT molecular complexity index is 575. The fraction of sp³-hybridized carbons (Fsp3) is 0.368. The van der Waals surface area contributed by atoms with Gasteiger partial charge in [0.2, 0.25) is 0 Å². The van der Waals surface area contributed by atoms with Gasteiger partial charge in [0.05, 0.1) is 7.11 Å². The van der Waals surface area contributed by atoms with Crippen LogP contribution in [0.3, 0.4) is 0 Å². The molecule has 0 unspecified atom stereocenters. The molecule has 0 aromatic heterocycles. The van der Waals surface area contributed by atoms with E-state index in [2.05, 4.69) is 6.92 Å². The second-order valence-corrected chi connectivity index (χ2v) is 5.43. The highest BCUT2D eigenvalue weighted by Gasteiger charge is 2.11. The molecule has 0 aliphatic rings. The Kier molecular flexibility index (Phi) is 8.52. The molecule has 0 heterocycles. The summed E-state index contributed by atoms with van der Waals surface area (Å²) < 4.78 is 11.3. The molecule has 0 radical (unpaired) electrons. The molecule has 126 valence electrons. The van der Waals surface area contributed by atoms with Gasteiger partial charge in [-0.1, -0.05) is 56.2 Å². The Balaban J connectivity index is 0.00000264. The summed E-state index contributed by atoms with van der Waals surface area (Å²) in [5.41, 5.74) is 8.48. The van der Waals surface area contributed by atoms with Gasteiger partial charge in [-0.05, 0) is 29.7 Å². The minimum atomic E-state index is 0. The summed E-state index contributed by atoms with van der Waals surface area (Å²) in [5, 5.41) is 0. The van der Waals surface area contributed by atoms with Crippen LogP contribution in [0.25, 0.3) is 0 Å². The Morgan fingerprint density at radius 2 is 1.78 bits per heavy atom. The van der Waals surface area contributed by atoms with Crippen LogP contribution < -0.4 is 15.2 Å². The quantitative estimate of drug-likeness (QED) is 0.747. The van der Waals surface area contributed by atoms with Crippen molar-refractivity contribution in [1.82, 2.24) is 0 Å². The SMILES string of the molecule is CCCC[C@H](N)c1ccc(OC)c(OCc2ccccc2)c1.Cl. The molecule has 0 aliphatic carbocycles. The number of halogens is 1. The molecule has 2 aromatic carbocycles. The van der Waals surface area contributed by atoms with Crippen molar-refractivity contribution < 1.29 is 9.47 Å². The van der Waals surface area contributed by atoms with Gasteiger partial charge in [-0.2, -0.15) is 0 Å². The predicted molar refractivity (Wildman–Crippen MR) is 97.5 cm³/mol. The number of rotatable bonds is 8. The van der Waals surface area contributed by atoms with Gasteiger partial charge in [-0.3, -0.25) is 0 Å². The van der Waals surface area contributed by atoms with Gasteiger partial charge < -0.3 is 15.2 Å². The van der Waals surface area contributed by atoms with E-state index in [4.69, 9.17) is 15.2 Å². The Labute approximate surface area is 145 Å². The van der Waals surface area contributed by atoms with Crippen LogP contribution in [0.1, 0.15) is 43.4 Å². The number of methoxy groups -OCH3 is 1. The first-order chi connectivity index (χ1) is 10.7. The van der Waals surface area contributed by atoms with E-state index in [0.717, 1.165) is 41.9 Å². The van der Waals surface area contributed by atoms with Crippen molar-refractivity contribution in [1.29, 1.82) is 0 Å². The molecule has 2 aromatic rings. The van der Waals surface area contributed by atoms with Crippen molar-refractivity contribution in [2.45, 2.75) is 38.8 Å². The number of hydrogen-bond donors (Lipinski definition) is 1. The van der Waals surface area contributed by atoms with Crippen LogP contribution in [0, 0.1) is 0 Å². The van der Waals surface area contributed by atoms with Crippen LogP contribution in [0.15, 0.2) is 48.5 Å². The van der Waals surface area contributed by atoms with Crippen LogP contribution in [0.5, 0.6) is 11.5 Å². The van der Waals surface area contributed by atoms with E-state index >= 15 is 0 Å². The maximum absolute atomic E-state index is 6.25. The smallest absolute Gasteiger partial charge is 0.161 e. The van der Waals surface area contributed by atoms with Crippen molar-refractivity contribution in [3.8, 4) is 11.5 Å². The second kappa shape index (κ2) is 10.1. The minimum absolute atomic E-state index is 0. The number of hydrogen-bond acceptors (Lipinski definition) is 3. The molecule has 0 fully saturated rings. The van der Waals surface area contributed by atoms with E-state index in [9.17, 15) is 0 Å². The molecule has 0 saturated carbocycles. The lowest BCUT2D eigenvalue weighted by Gasteiger charge is -2.16. The molecule has 23 heavy (non-hydrogen) atoms. The molecular weight excluding hydrogens is 310 g/mol. The van der Waals surface area contributed by atoms with Gasteiger partial charge in [0, 0.05) is 6.04 Å². The average molecular weight is 336 g/mol. The Morgan fingerprint density at radius 1 is 1.04 bits per heavy atom. The molecule has 1 atom stereocenters. The van der Waals surface area contributed by atoms with Gasteiger partial charge in [0.15, 0.2) is 11.5 Å². The normalized spacial score (nSPS) is 11.4. The molecule has 0 bridgehead atoms. The standard InChI is InChI=1S/C19H25NO2.ClH/c1-3-4-10-17(20)16-11-12-18(21-2)19(13-16)22-14-15-8-6-5-7-9-15;/h5-9,11-13,17H,3-4,10,14,20H2,1-2H3;1H/t17-;/m0./s1. The number of benzene rings is 2.